The third-order valence-electron chi connectivity index (χ3n) is 6.20. The summed E-state index contributed by atoms with van der Waals surface area (Å²) in [5, 5.41) is 3.40. The monoisotopic (exact) mass is 448 g/mol. The molecule has 0 amide bonds. The van der Waals surface area contributed by atoms with E-state index < -0.39 is 8.32 Å². The average molecular weight is 449 g/mol. The molecule has 172 valence electrons. The number of carbonyl (C=O) groups is 1. The van der Waals surface area contributed by atoms with Crippen LogP contribution >= 0.6 is 0 Å². The van der Waals surface area contributed by atoms with Crippen LogP contribution in [0.1, 0.15) is 50.8 Å². The summed E-state index contributed by atoms with van der Waals surface area (Å²) in [4.78, 5) is 23.1. The number of esters is 1. The molecule has 0 spiro atoms. The lowest BCUT2D eigenvalue weighted by Crippen LogP contribution is -2.52. The van der Waals surface area contributed by atoms with Gasteiger partial charge in [0, 0.05) is 44.1 Å². The van der Waals surface area contributed by atoms with Crippen molar-refractivity contribution >= 4 is 20.1 Å². The minimum Gasteiger partial charge on any atom is -0.465 e. The van der Waals surface area contributed by atoms with Crippen molar-refractivity contribution in [3.63, 3.8) is 0 Å². The van der Waals surface area contributed by atoms with Gasteiger partial charge in [0.05, 0.1) is 11.3 Å². The maximum absolute atomic E-state index is 11.2. The highest BCUT2D eigenvalue weighted by molar-refractivity contribution is 6.69. The Bertz CT molecular complexity index is 840. The highest BCUT2D eigenvalue weighted by Crippen LogP contribution is 2.46. The second-order valence-electron chi connectivity index (χ2n) is 10.6. The van der Waals surface area contributed by atoms with Crippen LogP contribution in [0.4, 0.5) is 5.82 Å². The summed E-state index contributed by atoms with van der Waals surface area (Å²) in [6.07, 6.45) is 4.15. The van der Waals surface area contributed by atoms with E-state index in [1.807, 2.05) is 0 Å². The molecule has 1 aromatic rings. The number of aromatic nitrogens is 2. The van der Waals surface area contributed by atoms with E-state index in [2.05, 4.69) is 41.8 Å². The molecule has 3 aliphatic rings. The lowest BCUT2D eigenvalue weighted by Gasteiger charge is -2.44. The largest absolute Gasteiger partial charge is 0.465 e. The number of hydrogen-bond donors (Lipinski definition) is 1. The standard InChI is InChI=1S/C22H36N4O4Si/c1-16(27)28-14-22(8-9-22)15-29-20-24-18-12-23-11-17(18)19(25-20)26-10-6-7-21(2,13-26)30-31(3,4)5/h23H,6-15H2,1-5H3/t21-/m0/s1. The van der Waals surface area contributed by atoms with E-state index in [1.165, 1.54) is 12.5 Å². The van der Waals surface area contributed by atoms with Crippen molar-refractivity contribution in [2.24, 2.45) is 5.41 Å². The topological polar surface area (TPSA) is 85.8 Å². The van der Waals surface area contributed by atoms with Gasteiger partial charge in [-0.25, -0.2) is 0 Å². The Labute approximate surface area is 186 Å². The first-order valence-corrected chi connectivity index (χ1v) is 14.8. The van der Waals surface area contributed by atoms with Gasteiger partial charge in [0.25, 0.3) is 0 Å². The molecule has 0 radical (unpaired) electrons. The first-order valence-electron chi connectivity index (χ1n) is 11.4. The second-order valence-corrected chi connectivity index (χ2v) is 15.0. The van der Waals surface area contributed by atoms with Crippen molar-refractivity contribution in [2.45, 2.75) is 77.9 Å². The second kappa shape index (κ2) is 8.33. The van der Waals surface area contributed by atoms with Crippen LogP contribution in [0, 0.1) is 5.41 Å². The van der Waals surface area contributed by atoms with E-state index in [9.17, 15) is 4.79 Å². The molecule has 1 aliphatic carbocycles. The van der Waals surface area contributed by atoms with Crippen LogP contribution in [0.3, 0.4) is 0 Å². The SMILES string of the molecule is CC(=O)OCC1(COc2nc3c(c(N4CCC[C@](C)(O[Si](C)(C)C)C4)n2)CNC3)CC1. The van der Waals surface area contributed by atoms with E-state index in [0.717, 1.165) is 63.4 Å². The van der Waals surface area contributed by atoms with Crippen molar-refractivity contribution in [2.75, 3.05) is 31.2 Å². The molecule has 1 saturated heterocycles. The van der Waals surface area contributed by atoms with Crippen LogP contribution in [0.2, 0.25) is 19.6 Å². The van der Waals surface area contributed by atoms with Crippen LogP contribution in [-0.2, 0) is 27.0 Å². The van der Waals surface area contributed by atoms with Gasteiger partial charge in [-0.2, -0.15) is 9.97 Å². The Morgan fingerprint density at radius 3 is 2.61 bits per heavy atom. The number of piperidine rings is 1. The van der Waals surface area contributed by atoms with Crippen molar-refractivity contribution < 1.29 is 18.7 Å². The summed E-state index contributed by atoms with van der Waals surface area (Å²) in [6.45, 7) is 14.6. The summed E-state index contributed by atoms with van der Waals surface area (Å²) in [5.74, 6) is 0.724. The number of carbonyl (C=O) groups excluding carboxylic acids is 1. The fourth-order valence-corrected chi connectivity index (χ4v) is 6.29. The van der Waals surface area contributed by atoms with Crippen LogP contribution in [-0.4, -0.2) is 56.2 Å². The van der Waals surface area contributed by atoms with Gasteiger partial charge in [0.1, 0.15) is 19.0 Å². The molecule has 2 aliphatic heterocycles. The molecule has 0 aromatic carbocycles. The predicted molar refractivity (Wildman–Crippen MR) is 121 cm³/mol. The summed E-state index contributed by atoms with van der Waals surface area (Å²) in [7, 11) is -1.65. The molecule has 0 unspecified atom stereocenters. The van der Waals surface area contributed by atoms with Gasteiger partial charge in [-0.05, 0) is 52.2 Å². The number of hydrogen-bond acceptors (Lipinski definition) is 8. The van der Waals surface area contributed by atoms with Crippen LogP contribution in [0.15, 0.2) is 0 Å². The minimum atomic E-state index is -1.65. The predicted octanol–water partition coefficient (Wildman–Crippen LogP) is 3.01. The molecule has 8 nitrogen and oxygen atoms in total. The van der Waals surface area contributed by atoms with Crippen LogP contribution in [0.5, 0.6) is 6.01 Å². The molecule has 9 heteroatoms. The average Bonchev–Trinajstić information content (AvgIpc) is 3.29. The van der Waals surface area contributed by atoms with Gasteiger partial charge < -0.3 is 24.1 Å². The summed E-state index contributed by atoms with van der Waals surface area (Å²) in [5.41, 5.74) is 1.95. The highest BCUT2D eigenvalue weighted by Gasteiger charge is 2.45. The molecule has 1 atom stereocenters. The molecular formula is C22H36N4O4Si. The van der Waals surface area contributed by atoms with E-state index in [4.69, 9.17) is 18.9 Å². The van der Waals surface area contributed by atoms with E-state index in [-0.39, 0.29) is 17.0 Å². The van der Waals surface area contributed by atoms with Gasteiger partial charge in [-0.15, -0.1) is 0 Å². The van der Waals surface area contributed by atoms with Gasteiger partial charge in [-0.3, -0.25) is 4.79 Å². The molecule has 1 N–H and O–H groups in total. The number of nitrogens with one attached hydrogen (secondary N) is 1. The van der Waals surface area contributed by atoms with Gasteiger partial charge in [0.15, 0.2) is 8.32 Å². The van der Waals surface area contributed by atoms with Gasteiger partial charge in [0.2, 0.25) is 0 Å². The van der Waals surface area contributed by atoms with Crippen molar-refractivity contribution in [3.8, 4) is 6.01 Å². The molecule has 2 fully saturated rings. The normalized spacial score (nSPS) is 24.6. The smallest absolute Gasteiger partial charge is 0.318 e. The Kier molecular flexibility index (Phi) is 6.04. The number of anilines is 1. The molecular weight excluding hydrogens is 412 g/mol. The van der Waals surface area contributed by atoms with Gasteiger partial charge in [-0.1, -0.05) is 0 Å². The molecule has 3 heterocycles. The summed E-state index contributed by atoms with van der Waals surface area (Å²) < 4.78 is 17.9. The number of ether oxygens (including phenoxy) is 2. The van der Waals surface area contributed by atoms with Crippen LogP contribution < -0.4 is 15.0 Å². The fraction of sp³-hybridized carbons (Fsp3) is 0.773. The molecule has 4 rings (SSSR count). The summed E-state index contributed by atoms with van der Waals surface area (Å²) in [6, 6.07) is 0.421. The zero-order valence-electron chi connectivity index (χ0n) is 19.5. The lowest BCUT2D eigenvalue weighted by atomic mass is 9.95. The first-order chi connectivity index (χ1) is 14.6. The molecule has 1 aromatic heterocycles. The Balaban J connectivity index is 1.50. The molecule has 0 bridgehead atoms. The third-order valence-corrected chi connectivity index (χ3v) is 7.31. The van der Waals surface area contributed by atoms with E-state index in [1.54, 1.807) is 0 Å². The van der Waals surface area contributed by atoms with Crippen LogP contribution in [0.25, 0.3) is 0 Å². The highest BCUT2D eigenvalue weighted by atomic mass is 28.4. The summed E-state index contributed by atoms with van der Waals surface area (Å²) >= 11 is 0. The Morgan fingerprint density at radius 1 is 1.16 bits per heavy atom. The fourth-order valence-electron chi connectivity index (χ4n) is 4.64. The van der Waals surface area contributed by atoms with Crippen molar-refractivity contribution in [3.05, 3.63) is 11.3 Å². The number of nitrogens with zero attached hydrogens (tertiary/aromatic N) is 3. The van der Waals surface area contributed by atoms with Crippen molar-refractivity contribution in [1.29, 1.82) is 0 Å². The molecule has 31 heavy (non-hydrogen) atoms. The van der Waals surface area contributed by atoms with E-state index in [0.29, 0.717) is 19.2 Å². The number of rotatable bonds is 8. The zero-order chi connectivity index (χ0) is 22.3. The van der Waals surface area contributed by atoms with Crippen molar-refractivity contribution in [1.82, 2.24) is 15.3 Å². The minimum absolute atomic E-state index is 0.0820. The lowest BCUT2D eigenvalue weighted by molar-refractivity contribution is -0.143. The first kappa shape index (κ1) is 22.5. The quantitative estimate of drug-likeness (QED) is 0.480. The number of fused-ring (bicyclic) bond motifs is 1. The Hall–Kier alpha value is -1.71. The van der Waals surface area contributed by atoms with Gasteiger partial charge >= 0.3 is 12.0 Å². The maximum atomic E-state index is 11.2. The maximum Gasteiger partial charge on any atom is 0.318 e. The Morgan fingerprint density at radius 2 is 1.94 bits per heavy atom. The van der Waals surface area contributed by atoms with E-state index >= 15 is 0 Å². The molecule has 1 saturated carbocycles. The third kappa shape index (κ3) is 5.56. The zero-order valence-corrected chi connectivity index (χ0v) is 20.5.